The molecule has 0 heterocycles. The minimum atomic E-state index is 0.483. The van der Waals surface area contributed by atoms with Crippen molar-refractivity contribution in [2.45, 2.75) is 26.7 Å². The van der Waals surface area contributed by atoms with Crippen LogP contribution in [0.15, 0.2) is 5.10 Å². The number of hydrogen-bond donors (Lipinski definition) is 2. The van der Waals surface area contributed by atoms with Gasteiger partial charge in [0.25, 0.3) is 0 Å². The van der Waals surface area contributed by atoms with E-state index in [2.05, 4.69) is 18.9 Å². The molecule has 0 unspecified atom stereocenters. The molecule has 0 amide bonds. The second kappa shape index (κ2) is 6.34. The predicted molar refractivity (Wildman–Crippen MR) is 52.3 cm³/mol. The summed E-state index contributed by atoms with van der Waals surface area (Å²) in [5, 5.41) is 3.87. The van der Waals surface area contributed by atoms with Gasteiger partial charge < -0.3 is 11.6 Å². The minimum absolute atomic E-state index is 0.483. The Hall–Kier alpha value is -0.380. The Morgan fingerprint density at radius 3 is 2.36 bits per heavy atom. The lowest BCUT2D eigenvalue weighted by Crippen LogP contribution is -2.12. The molecule has 0 fully saturated rings. The van der Waals surface area contributed by atoms with E-state index in [1.165, 1.54) is 24.6 Å². The van der Waals surface area contributed by atoms with Crippen molar-refractivity contribution in [3.05, 3.63) is 0 Å². The molecule has 0 atom stereocenters. The molecule has 0 spiro atoms. The molecule has 3 nitrogen and oxygen atoms in total. The summed E-state index contributed by atoms with van der Waals surface area (Å²) >= 11 is 1.54. The lowest BCUT2D eigenvalue weighted by Gasteiger charge is -2.09. The van der Waals surface area contributed by atoms with Crippen molar-refractivity contribution in [3.8, 4) is 0 Å². The largest absolute Gasteiger partial charge is 0.377 e. The number of nitrogens with two attached hydrogens (primary N) is 2. The summed E-state index contributed by atoms with van der Waals surface area (Å²) in [5.41, 5.74) is 5.42. The zero-order valence-corrected chi connectivity index (χ0v) is 8.03. The van der Waals surface area contributed by atoms with Crippen molar-refractivity contribution in [1.29, 1.82) is 0 Å². The number of rotatable bonds is 4. The number of amidine groups is 1. The Bertz CT molecular complexity index is 121. The van der Waals surface area contributed by atoms with Gasteiger partial charge in [0.2, 0.25) is 0 Å². The van der Waals surface area contributed by atoms with Crippen LogP contribution >= 0.6 is 11.8 Å². The van der Waals surface area contributed by atoms with Crippen molar-refractivity contribution in [2.75, 3.05) is 5.75 Å². The molecule has 0 aromatic carbocycles. The van der Waals surface area contributed by atoms with Crippen molar-refractivity contribution < 1.29 is 0 Å². The lowest BCUT2D eigenvalue weighted by atomic mass is 10.1. The smallest absolute Gasteiger partial charge is 0.177 e. The summed E-state index contributed by atoms with van der Waals surface area (Å²) in [4.78, 5) is 0. The summed E-state index contributed by atoms with van der Waals surface area (Å²) < 4.78 is 0. The normalized spacial score (nSPS) is 12.5. The quantitative estimate of drug-likeness (QED) is 0.293. The van der Waals surface area contributed by atoms with Crippen LogP contribution in [0.5, 0.6) is 0 Å². The molecule has 0 rings (SSSR count). The SMILES string of the molecule is CCC(CC)CSC(N)=NN. The monoisotopic (exact) mass is 175 g/mol. The molecule has 0 radical (unpaired) electrons. The fourth-order valence-corrected chi connectivity index (χ4v) is 1.72. The zero-order chi connectivity index (χ0) is 8.69. The molecule has 0 aromatic rings. The summed E-state index contributed by atoms with van der Waals surface area (Å²) in [5.74, 6) is 6.75. The molecule has 4 heteroatoms. The number of nitrogens with zero attached hydrogens (tertiary/aromatic N) is 1. The first kappa shape index (κ1) is 10.6. The molecule has 4 N–H and O–H groups in total. The average Bonchev–Trinajstić information content (AvgIpc) is 2.06. The van der Waals surface area contributed by atoms with Crippen LogP contribution in [-0.2, 0) is 0 Å². The third-order valence-corrected chi connectivity index (χ3v) is 2.79. The molecule has 0 bridgehead atoms. The molecule has 0 aliphatic rings. The van der Waals surface area contributed by atoms with Gasteiger partial charge in [-0.2, -0.15) is 5.10 Å². The fourth-order valence-electron chi connectivity index (χ4n) is 0.765. The average molecular weight is 175 g/mol. The molecule has 0 aliphatic heterocycles. The number of hydrazone groups is 1. The van der Waals surface area contributed by atoms with Gasteiger partial charge in [0.1, 0.15) is 0 Å². The Morgan fingerprint density at radius 1 is 1.45 bits per heavy atom. The van der Waals surface area contributed by atoms with E-state index in [4.69, 9.17) is 11.6 Å². The molecule has 66 valence electrons. The van der Waals surface area contributed by atoms with Crippen LogP contribution in [-0.4, -0.2) is 10.9 Å². The first-order chi connectivity index (χ1) is 5.24. The van der Waals surface area contributed by atoms with Crippen LogP contribution < -0.4 is 11.6 Å². The summed E-state index contributed by atoms with van der Waals surface area (Å²) in [6.45, 7) is 4.37. The Kier molecular flexibility index (Phi) is 6.12. The highest BCUT2D eigenvalue weighted by atomic mass is 32.2. The Balaban J connectivity index is 3.50. The van der Waals surface area contributed by atoms with Crippen LogP contribution in [0.3, 0.4) is 0 Å². The summed E-state index contributed by atoms with van der Waals surface area (Å²) in [6.07, 6.45) is 2.39. The number of hydrogen-bond acceptors (Lipinski definition) is 3. The summed E-state index contributed by atoms with van der Waals surface area (Å²) in [7, 11) is 0. The van der Waals surface area contributed by atoms with E-state index in [-0.39, 0.29) is 0 Å². The van der Waals surface area contributed by atoms with Gasteiger partial charge in [-0.25, -0.2) is 0 Å². The molecule has 0 aliphatic carbocycles. The van der Waals surface area contributed by atoms with Gasteiger partial charge in [-0.3, -0.25) is 0 Å². The van der Waals surface area contributed by atoms with E-state index in [9.17, 15) is 0 Å². The van der Waals surface area contributed by atoms with E-state index in [1.807, 2.05) is 0 Å². The second-order valence-corrected chi connectivity index (χ2v) is 3.50. The first-order valence-electron chi connectivity index (χ1n) is 3.90. The molecule has 11 heavy (non-hydrogen) atoms. The van der Waals surface area contributed by atoms with Gasteiger partial charge in [0.15, 0.2) is 5.17 Å². The van der Waals surface area contributed by atoms with E-state index in [1.54, 1.807) is 0 Å². The van der Waals surface area contributed by atoms with Gasteiger partial charge in [0, 0.05) is 5.75 Å². The minimum Gasteiger partial charge on any atom is -0.377 e. The van der Waals surface area contributed by atoms with E-state index in [0.717, 1.165) is 11.7 Å². The topological polar surface area (TPSA) is 64.4 Å². The van der Waals surface area contributed by atoms with Gasteiger partial charge in [-0.15, -0.1) is 0 Å². The Labute approximate surface area is 72.6 Å². The van der Waals surface area contributed by atoms with Crippen molar-refractivity contribution in [3.63, 3.8) is 0 Å². The maximum absolute atomic E-state index is 5.42. The standard InChI is InChI=1S/C7H17N3S/c1-3-6(4-2)5-11-7(8)10-9/h6H,3-5,9H2,1-2H3,(H2,8,10). The van der Waals surface area contributed by atoms with Crippen molar-refractivity contribution in [1.82, 2.24) is 0 Å². The highest BCUT2D eigenvalue weighted by Gasteiger charge is 2.04. The first-order valence-corrected chi connectivity index (χ1v) is 4.89. The third kappa shape index (κ3) is 4.95. The molecular formula is C7H17N3S. The van der Waals surface area contributed by atoms with E-state index >= 15 is 0 Å². The summed E-state index contributed by atoms with van der Waals surface area (Å²) in [6, 6.07) is 0. The van der Waals surface area contributed by atoms with Crippen LogP contribution in [0, 0.1) is 5.92 Å². The lowest BCUT2D eigenvalue weighted by molar-refractivity contribution is 0.554. The van der Waals surface area contributed by atoms with Gasteiger partial charge in [-0.05, 0) is 5.92 Å². The van der Waals surface area contributed by atoms with Gasteiger partial charge in [0.05, 0.1) is 0 Å². The second-order valence-electron chi connectivity index (χ2n) is 2.46. The van der Waals surface area contributed by atoms with Crippen LogP contribution in [0.25, 0.3) is 0 Å². The highest BCUT2D eigenvalue weighted by Crippen LogP contribution is 2.14. The van der Waals surface area contributed by atoms with Crippen LogP contribution in [0.2, 0.25) is 0 Å². The highest BCUT2D eigenvalue weighted by molar-refractivity contribution is 8.13. The molecule has 0 aromatic heterocycles. The molecule has 0 saturated heterocycles. The van der Waals surface area contributed by atoms with Crippen LogP contribution in [0.4, 0.5) is 0 Å². The predicted octanol–water partition coefficient (Wildman–Crippen LogP) is 1.34. The third-order valence-electron chi connectivity index (χ3n) is 1.75. The maximum atomic E-state index is 5.42. The maximum Gasteiger partial charge on any atom is 0.177 e. The zero-order valence-electron chi connectivity index (χ0n) is 7.21. The van der Waals surface area contributed by atoms with E-state index < -0.39 is 0 Å². The molecule has 0 saturated carbocycles. The van der Waals surface area contributed by atoms with Gasteiger partial charge in [-0.1, -0.05) is 38.5 Å². The Morgan fingerprint density at radius 2 is 2.00 bits per heavy atom. The van der Waals surface area contributed by atoms with Gasteiger partial charge >= 0.3 is 0 Å². The molecular weight excluding hydrogens is 158 g/mol. The van der Waals surface area contributed by atoms with Crippen molar-refractivity contribution in [2.24, 2.45) is 22.6 Å². The van der Waals surface area contributed by atoms with Crippen molar-refractivity contribution >= 4 is 16.9 Å². The number of thioether (sulfide) groups is 1. The fraction of sp³-hybridized carbons (Fsp3) is 0.857. The van der Waals surface area contributed by atoms with E-state index in [0.29, 0.717) is 5.17 Å². The van der Waals surface area contributed by atoms with Crippen LogP contribution in [0.1, 0.15) is 26.7 Å².